The van der Waals surface area contributed by atoms with Gasteiger partial charge in [-0.2, -0.15) is 0 Å². The van der Waals surface area contributed by atoms with Crippen LogP contribution in [0.1, 0.15) is 19.4 Å². The lowest BCUT2D eigenvalue weighted by atomic mass is 10.1. The normalized spacial score (nSPS) is 13.0. The number of hydrogen-bond acceptors (Lipinski definition) is 3. The van der Waals surface area contributed by atoms with Crippen LogP contribution in [-0.2, 0) is 4.79 Å². The van der Waals surface area contributed by atoms with Crippen molar-refractivity contribution in [2.45, 2.75) is 32.9 Å². The molecule has 0 bridgehead atoms. The van der Waals surface area contributed by atoms with E-state index in [0.29, 0.717) is 12.4 Å². The monoisotopic (exact) mass is 363 g/mol. The highest BCUT2D eigenvalue weighted by atomic mass is 16.5. The Kier molecular flexibility index (Phi) is 5.97. The number of benzene rings is 3. The van der Waals surface area contributed by atoms with Gasteiger partial charge in [0.05, 0.1) is 6.04 Å². The summed E-state index contributed by atoms with van der Waals surface area (Å²) in [6.45, 7) is 6.07. The average Bonchev–Trinajstić information content (AvgIpc) is 2.67. The van der Waals surface area contributed by atoms with E-state index >= 15 is 0 Å². The van der Waals surface area contributed by atoms with Crippen LogP contribution in [0.4, 0.5) is 0 Å². The fourth-order valence-corrected chi connectivity index (χ4v) is 2.88. The van der Waals surface area contributed by atoms with Crippen molar-refractivity contribution in [3.63, 3.8) is 0 Å². The number of carbonyl (C=O) groups excluding carboxylic acids is 1. The van der Waals surface area contributed by atoms with Gasteiger partial charge >= 0.3 is 0 Å². The molecule has 0 heterocycles. The van der Waals surface area contributed by atoms with Crippen LogP contribution in [-0.4, -0.2) is 24.7 Å². The lowest BCUT2D eigenvalue weighted by Crippen LogP contribution is -2.43. The van der Waals surface area contributed by atoms with Crippen LogP contribution >= 0.6 is 0 Å². The number of aryl methyl sites for hydroxylation is 1. The van der Waals surface area contributed by atoms with Crippen molar-refractivity contribution in [2.75, 3.05) is 6.61 Å². The van der Waals surface area contributed by atoms with Gasteiger partial charge in [-0.3, -0.25) is 4.79 Å². The predicted molar refractivity (Wildman–Crippen MR) is 108 cm³/mol. The maximum Gasteiger partial charge on any atom is 0.261 e. The number of para-hydroxylation sites is 1. The molecule has 3 aromatic rings. The fourth-order valence-electron chi connectivity index (χ4n) is 2.88. The summed E-state index contributed by atoms with van der Waals surface area (Å²) in [7, 11) is 0. The number of nitrogens with one attached hydrogen (secondary N) is 1. The first-order valence-electron chi connectivity index (χ1n) is 9.18. The Hall–Kier alpha value is -3.01. The van der Waals surface area contributed by atoms with Gasteiger partial charge < -0.3 is 14.8 Å². The van der Waals surface area contributed by atoms with Crippen LogP contribution in [0.15, 0.2) is 66.7 Å². The molecule has 2 atom stereocenters. The zero-order valence-corrected chi connectivity index (χ0v) is 15.9. The Bertz CT molecular complexity index is 917. The highest BCUT2D eigenvalue weighted by Gasteiger charge is 2.18. The molecule has 2 unspecified atom stereocenters. The predicted octanol–water partition coefficient (Wildman–Crippen LogP) is 4.50. The first-order chi connectivity index (χ1) is 13.0. The Labute approximate surface area is 160 Å². The van der Waals surface area contributed by atoms with E-state index in [-0.39, 0.29) is 11.9 Å². The summed E-state index contributed by atoms with van der Waals surface area (Å²) in [5.41, 5.74) is 1.07. The third-order valence-electron chi connectivity index (χ3n) is 4.39. The van der Waals surface area contributed by atoms with Crippen LogP contribution in [0, 0.1) is 6.92 Å². The second-order valence-corrected chi connectivity index (χ2v) is 6.72. The number of amides is 1. The smallest absolute Gasteiger partial charge is 0.261 e. The number of ether oxygens (including phenoxy) is 2. The van der Waals surface area contributed by atoms with Crippen LogP contribution in [0.2, 0.25) is 0 Å². The zero-order chi connectivity index (χ0) is 19.2. The molecule has 140 valence electrons. The Morgan fingerprint density at radius 1 is 0.926 bits per heavy atom. The molecule has 4 nitrogen and oxygen atoms in total. The molecule has 0 saturated heterocycles. The van der Waals surface area contributed by atoms with Crippen molar-refractivity contribution >= 4 is 16.7 Å². The molecule has 27 heavy (non-hydrogen) atoms. The standard InChI is InChI=1S/C23H25NO3/c1-16-9-4-7-13-21(16)26-15-17(2)24-23(25)18(3)27-22-14-8-11-19-10-5-6-12-20(19)22/h4-14,17-18H,15H2,1-3H3,(H,24,25). The van der Waals surface area contributed by atoms with Crippen molar-refractivity contribution in [3.05, 3.63) is 72.3 Å². The molecule has 0 spiro atoms. The third-order valence-corrected chi connectivity index (χ3v) is 4.39. The topological polar surface area (TPSA) is 47.6 Å². The van der Waals surface area contributed by atoms with Crippen molar-refractivity contribution < 1.29 is 14.3 Å². The largest absolute Gasteiger partial charge is 0.491 e. The number of carbonyl (C=O) groups is 1. The van der Waals surface area contributed by atoms with Crippen LogP contribution in [0.25, 0.3) is 10.8 Å². The SMILES string of the molecule is Cc1ccccc1OCC(C)NC(=O)C(C)Oc1cccc2ccccc12. The average molecular weight is 363 g/mol. The van der Waals surface area contributed by atoms with Gasteiger partial charge in [0, 0.05) is 5.39 Å². The summed E-state index contributed by atoms with van der Waals surface area (Å²) in [5, 5.41) is 5.03. The molecule has 0 aliphatic carbocycles. The van der Waals surface area contributed by atoms with Crippen molar-refractivity contribution in [1.29, 1.82) is 0 Å². The lowest BCUT2D eigenvalue weighted by Gasteiger charge is -2.20. The second-order valence-electron chi connectivity index (χ2n) is 6.72. The minimum atomic E-state index is -0.600. The van der Waals surface area contributed by atoms with E-state index < -0.39 is 6.10 Å². The molecular weight excluding hydrogens is 338 g/mol. The van der Waals surface area contributed by atoms with Crippen molar-refractivity contribution in [3.8, 4) is 11.5 Å². The van der Waals surface area contributed by atoms with Crippen molar-refractivity contribution in [2.24, 2.45) is 0 Å². The molecule has 0 saturated carbocycles. The molecule has 0 radical (unpaired) electrons. The molecular formula is C23H25NO3. The summed E-state index contributed by atoms with van der Waals surface area (Å²) in [4.78, 5) is 12.5. The van der Waals surface area contributed by atoms with Gasteiger partial charge in [-0.15, -0.1) is 0 Å². The fraction of sp³-hybridized carbons (Fsp3) is 0.261. The van der Waals surface area contributed by atoms with Gasteiger partial charge in [0.25, 0.3) is 5.91 Å². The van der Waals surface area contributed by atoms with Crippen LogP contribution < -0.4 is 14.8 Å². The summed E-state index contributed by atoms with van der Waals surface area (Å²) in [5.74, 6) is 1.38. The molecule has 4 heteroatoms. The van der Waals surface area contributed by atoms with E-state index in [1.807, 2.05) is 80.6 Å². The van der Waals surface area contributed by atoms with E-state index in [0.717, 1.165) is 22.1 Å². The maximum atomic E-state index is 12.5. The number of rotatable bonds is 7. The minimum absolute atomic E-state index is 0.129. The zero-order valence-electron chi connectivity index (χ0n) is 15.9. The highest BCUT2D eigenvalue weighted by molar-refractivity contribution is 5.89. The number of hydrogen-bond donors (Lipinski definition) is 1. The van der Waals surface area contributed by atoms with Gasteiger partial charge in [0.15, 0.2) is 6.10 Å². The highest BCUT2D eigenvalue weighted by Crippen LogP contribution is 2.26. The Morgan fingerprint density at radius 2 is 1.59 bits per heavy atom. The van der Waals surface area contributed by atoms with Crippen LogP contribution in [0.3, 0.4) is 0 Å². The first-order valence-corrected chi connectivity index (χ1v) is 9.18. The summed E-state index contributed by atoms with van der Waals surface area (Å²) in [6, 6.07) is 21.5. The van der Waals surface area contributed by atoms with E-state index in [2.05, 4.69) is 5.32 Å². The summed E-state index contributed by atoms with van der Waals surface area (Å²) >= 11 is 0. The van der Waals surface area contributed by atoms with Gasteiger partial charge in [-0.25, -0.2) is 0 Å². The molecule has 3 rings (SSSR count). The van der Waals surface area contributed by atoms with Crippen LogP contribution in [0.5, 0.6) is 11.5 Å². The molecule has 0 aliphatic heterocycles. The summed E-state index contributed by atoms with van der Waals surface area (Å²) in [6.07, 6.45) is -0.600. The van der Waals surface area contributed by atoms with Gasteiger partial charge in [0.1, 0.15) is 18.1 Å². The Morgan fingerprint density at radius 3 is 2.41 bits per heavy atom. The minimum Gasteiger partial charge on any atom is -0.491 e. The van der Waals surface area contributed by atoms with E-state index in [9.17, 15) is 4.79 Å². The number of fused-ring (bicyclic) bond motifs is 1. The molecule has 0 fully saturated rings. The maximum absolute atomic E-state index is 12.5. The van der Waals surface area contributed by atoms with Gasteiger partial charge in [-0.05, 0) is 43.9 Å². The van der Waals surface area contributed by atoms with E-state index in [1.54, 1.807) is 6.92 Å². The van der Waals surface area contributed by atoms with E-state index in [1.165, 1.54) is 0 Å². The quantitative estimate of drug-likeness (QED) is 0.672. The third kappa shape index (κ3) is 4.79. The summed E-state index contributed by atoms with van der Waals surface area (Å²) < 4.78 is 11.7. The Balaban J connectivity index is 1.56. The van der Waals surface area contributed by atoms with Gasteiger partial charge in [0.2, 0.25) is 0 Å². The van der Waals surface area contributed by atoms with E-state index in [4.69, 9.17) is 9.47 Å². The van der Waals surface area contributed by atoms with Crippen molar-refractivity contribution in [1.82, 2.24) is 5.32 Å². The molecule has 0 aliphatic rings. The molecule has 1 amide bonds. The molecule has 0 aromatic heterocycles. The van der Waals surface area contributed by atoms with Gasteiger partial charge in [-0.1, -0.05) is 54.6 Å². The molecule has 1 N–H and O–H groups in total. The first kappa shape index (κ1) is 18.8. The molecule has 3 aromatic carbocycles. The second kappa shape index (κ2) is 8.58. The lowest BCUT2D eigenvalue weighted by molar-refractivity contribution is -0.128.